The topological polar surface area (TPSA) is 55.2 Å². The van der Waals surface area contributed by atoms with Gasteiger partial charge >= 0.3 is 0 Å². The van der Waals surface area contributed by atoms with Crippen LogP contribution in [0, 0.1) is 21.7 Å². The summed E-state index contributed by atoms with van der Waals surface area (Å²) in [6, 6.07) is 8.96. The Hall–Kier alpha value is -2.50. The average molecular weight is 278 g/mol. The van der Waals surface area contributed by atoms with Gasteiger partial charge in [-0.15, -0.1) is 0 Å². The summed E-state index contributed by atoms with van der Waals surface area (Å²) in [5.74, 6) is -1.32. The molecule has 0 radical (unpaired) electrons. The molecule has 0 saturated heterocycles. The molecule has 2 aromatic rings. The molecule has 0 amide bonds. The number of nitrogens with zero attached hydrogens (tertiary/aromatic N) is 1. The molecule has 4 nitrogen and oxygen atoms in total. The standard InChI is InChI=1S/C14H12F2N2O2/c1-9(10-2-5-12(6-3-10)18(19)20)17-14-7-4-11(15)8-13(14)16/h2-9,17H,1H3. The second-order valence-corrected chi connectivity index (χ2v) is 4.34. The Bertz CT molecular complexity index is 630. The number of benzene rings is 2. The van der Waals surface area contributed by atoms with Gasteiger partial charge in [0.05, 0.1) is 10.6 Å². The Morgan fingerprint density at radius 2 is 1.80 bits per heavy atom. The number of hydrogen-bond acceptors (Lipinski definition) is 3. The third-order valence-electron chi connectivity index (χ3n) is 2.91. The van der Waals surface area contributed by atoms with E-state index in [0.29, 0.717) is 0 Å². The van der Waals surface area contributed by atoms with Gasteiger partial charge in [0.2, 0.25) is 0 Å². The molecular weight excluding hydrogens is 266 g/mol. The first-order valence-corrected chi connectivity index (χ1v) is 5.93. The van der Waals surface area contributed by atoms with Gasteiger partial charge in [-0.05, 0) is 24.6 Å². The van der Waals surface area contributed by atoms with Gasteiger partial charge in [-0.3, -0.25) is 10.1 Å². The molecule has 0 aliphatic rings. The monoisotopic (exact) mass is 278 g/mol. The summed E-state index contributed by atoms with van der Waals surface area (Å²) < 4.78 is 26.3. The summed E-state index contributed by atoms with van der Waals surface area (Å²) in [6.07, 6.45) is 0. The van der Waals surface area contributed by atoms with Crippen LogP contribution in [0.15, 0.2) is 42.5 Å². The summed E-state index contributed by atoms with van der Waals surface area (Å²) in [7, 11) is 0. The minimum absolute atomic E-state index is 0.00564. The minimum atomic E-state index is -0.682. The normalized spacial score (nSPS) is 11.9. The summed E-state index contributed by atoms with van der Waals surface area (Å²) in [5, 5.41) is 13.4. The number of non-ortho nitro benzene ring substituents is 1. The average Bonchev–Trinajstić information content (AvgIpc) is 2.42. The van der Waals surface area contributed by atoms with Gasteiger partial charge in [0.1, 0.15) is 11.6 Å². The third kappa shape index (κ3) is 3.09. The highest BCUT2D eigenvalue weighted by Gasteiger charge is 2.11. The molecule has 1 N–H and O–H groups in total. The predicted octanol–water partition coefficient (Wildman–Crippen LogP) is 4.05. The highest BCUT2D eigenvalue weighted by atomic mass is 19.1. The third-order valence-corrected chi connectivity index (χ3v) is 2.91. The van der Waals surface area contributed by atoms with Crippen LogP contribution in [0.5, 0.6) is 0 Å². The van der Waals surface area contributed by atoms with Crippen LogP contribution in [0.2, 0.25) is 0 Å². The van der Waals surface area contributed by atoms with Crippen molar-refractivity contribution in [3.05, 3.63) is 69.8 Å². The molecule has 2 rings (SSSR count). The van der Waals surface area contributed by atoms with E-state index in [0.717, 1.165) is 17.7 Å². The van der Waals surface area contributed by atoms with E-state index >= 15 is 0 Å². The van der Waals surface area contributed by atoms with Crippen LogP contribution in [-0.4, -0.2) is 4.92 Å². The van der Waals surface area contributed by atoms with E-state index in [1.54, 1.807) is 19.1 Å². The number of nitrogens with one attached hydrogen (secondary N) is 1. The number of rotatable bonds is 4. The van der Waals surface area contributed by atoms with Gasteiger partial charge in [-0.2, -0.15) is 0 Å². The van der Waals surface area contributed by atoms with Crippen LogP contribution in [0.1, 0.15) is 18.5 Å². The Kier molecular flexibility index (Phi) is 3.93. The van der Waals surface area contributed by atoms with Crippen LogP contribution in [0.25, 0.3) is 0 Å². The van der Waals surface area contributed by atoms with Crippen molar-refractivity contribution in [3.8, 4) is 0 Å². The van der Waals surface area contributed by atoms with E-state index in [1.807, 2.05) is 0 Å². The molecule has 2 aromatic carbocycles. The Labute approximate surface area is 114 Å². The van der Waals surface area contributed by atoms with Crippen LogP contribution in [0.3, 0.4) is 0 Å². The van der Waals surface area contributed by atoms with Crippen molar-refractivity contribution < 1.29 is 13.7 Å². The van der Waals surface area contributed by atoms with E-state index in [1.165, 1.54) is 18.2 Å². The van der Waals surface area contributed by atoms with Crippen molar-refractivity contribution in [1.29, 1.82) is 0 Å². The van der Waals surface area contributed by atoms with Gasteiger partial charge in [-0.1, -0.05) is 12.1 Å². The maximum absolute atomic E-state index is 13.5. The lowest BCUT2D eigenvalue weighted by Crippen LogP contribution is -2.08. The van der Waals surface area contributed by atoms with Gasteiger partial charge in [0.25, 0.3) is 5.69 Å². The zero-order valence-corrected chi connectivity index (χ0v) is 10.6. The van der Waals surface area contributed by atoms with Gasteiger partial charge in [0, 0.05) is 24.2 Å². The van der Waals surface area contributed by atoms with Crippen molar-refractivity contribution in [3.63, 3.8) is 0 Å². The molecule has 0 bridgehead atoms. The maximum Gasteiger partial charge on any atom is 0.269 e. The summed E-state index contributed by atoms with van der Waals surface area (Å²) in [5.41, 5.74) is 0.936. The van der Waals surface area contributed by atoms with Crippen LogP contribution >= 0.6 is 0 Å². The number of hydrogen-bond donors (Lipinski definition) is 1. The second kappa shape index (κ2) is 5.64. The fourth-order valence-corrected chi connectivity index (χ4v) is 1.81. The molecule has 0 aromatic heterocycles. The first-order valence-electron chi connectivity index (χ1n) is 5.93. The molecule has 0 fully saturated rings. The van der Waals surface area contributed by atoms with Crippen LogP contribution in [0.4, 0.5) is 20.2 Å². The maximum atomic E-state index is 13.5. The molecule has 0 spiro atoms. The van der Waals surface area contributed by atoms with Crippen molar-refractivity contribution in [2.45, 2.75) is 13.0 Å². The lowest BCUT2D eigenvalue weighted by Gasteiger charge is -2.16. The number of nitro benzene ring substituents is 1. The van der Waals surface area contributed by atoms with E-state index in [-0.39, 0.29) is 17.4 Å². The molecule has 20 heavy (non-hydrogen) atoms. The fourth-order valence-electron chi connectivity index (χ4n) is 1.81. The van der Waals surface area contributed by atoms with Crippen molar-refractivity contribution in [1.82, 2.24) is 0 Å². The molecule has 1 atom stereocenters. The van der Waals surface area contributed by atoms with Crippen LogP contribution in [-0.2, 0) is 0 Å². The lowest BCUT2D eigenvalue weighted by molar-refractivity contribution is -0.384. The Morgan fingerprint density at radius 1 is 1.15 bits per heavy atom. The van der Waals surface area contributed by atoms with Gasteiger partial charge < -0.3 is 5.32 Å². The molecule has 0 aliphatic carbocycles. The summed E-state index contributed by atoms with van der Waals surface area (Å²) in [6.45, 7) is 1.78. The second-order valence-electron chi connectivity index (χ2n) is 4.34. The van der Waals surface area contributed by atoms with Crippen molar-refractivity contribution >= 4 is 11.4 Å². The largest absolute Gasteiger partial charge is 0.376 e. The van der Waals surface area contributed by atoms with Gasteiger partial charge in [0.15, 0.2) is 0 Å². The van der Waals surface area contributed by atoms with E-state index in [2.05, 4.69) is 5.32 Å². The van der Waals surface area contributed by atoms with Crippen molar-refractivity contribution in [2.24, 2.45) is 0 Å². The molecular formula is C14H12F2N2O2. The number of anilines is 1. The van der Waals surface area contributed by atoms with Crippen molar-refractivity contribution in [2.75, 3.05) is 5.32 Å². The highest BCUT2D eigenvalue weighted by molar-refractivity contribution is 5.47. The Balaban J connectivity index is 2.15. The fraction of sp³-hybridized carbons (Fsp3) is 0.143. The molecule has 0 aliphatic heterocycles. The zero-order valence-electron chi connectivity index (χ0n) is 10.6. The Morgan fingerprint density at radius 3 is 2.35 bits per heavy atom. The highest BCUT2D eigenvalue weighted by Crippen LogP contribution is 2.23. The lowest BCUT2D eigenvalue weighted by atomic mass is 10.1. The molecule has 0 heterocycles. The van der Waals surface area contributed by atoms with E-state index < -0.39 is 16.6 Å². The quantitative estimate of drug-likeness (QED) is 0.678. The van der Waals surface area contributed by atoms with Gasteiger partial charge in [-0.25, -0.2) is 8.78 Å². The molecule has 0 saturated carbocycles. The molecule has 104 valence electrons. The smallest absolute Gasteiger partial charge is 0.269 e. The van der Waals surface area contributed by atoms with Crippen LogP contribution < -0.4 is 5.32 Å². The molecule has 6 heteroatoms. The number of nitro groups is 1. The minimum Gasteiger partial charge on any atom is -0.376 e. The summed E-state index contributed by atoms with van der Waals surface area (Å²) in [4.78, 5) is 10.1. The first kappa shape index (κ1) is 13.9. The number of halogens is 2. The molecule has 1 unspecified atom stereocenters. The van der Waals surface area contributed by atoms with E-state index in [9.17, 15) is 18.9 Å². The SMILES string of the molecule is CC(Nc1ccc(F)cc1F)c1ccc([N+](=O)[O-])cc1. The first-order chi connectivity index (χ1) is 9.47. The zero-order chi connectivity index (χ0) is 14.7. The summed E-state index contributed by atoms with van der Waals surface area (Å²) >= 11 is 0. The predicted molar refractivity (Wildman–Crippen MR) is 71.5 cm³/mol. The van der Waals surface area contributed by atoms with E-state index in [4.69, 9.17) is 0 Å².